The zero-order valence-electron chi connectivity index (χ0n) is 11.5. The number of nitrogens with one attached hydrogen (secondary N) is 2. The summed E-state index contributed by atoms with van der Waals surface area (Å²) in [5.41, 5.74) is 1.78. The Morgan fingerprint density at radius 3 is 3.00 bits per heavy atom. The Kier molecular flexibility index (Phi) is 4.57. The van der Waals surface area contributed by atoms with Gasteiger partial charge in [-0.25, -0.2) is 0 Å². The lowest BCUT2D eigenvalue weighted by molar-refractivity contribution is 0.0850. The van der Waals surface area contributed by atoms with Crippen LogP contribution in [0.2, 0.25) is 0 Å². The minimum absolute atomic E-state index is 0.153. The predicted molar refractivity (Wildman–Crippen MR) is 79.2 cm³/mol. The molecule has 5 nitrogen and oxygen atoms in total. The van der Waals surface area contributed by atoms with Crippen LogP contribution in [0.5, 0.6) is 0 Å². The molecule has 20 heavy (non-hydrogen) atoms. The number of carbonyl (C=O) groups is 1. The second-order valence-corrected chi connectivity index (χ2v) is 5.26. The molecule has 6 heteroatoms. The van der Waals surface area contributed by atoms with E-state index in [1.807, 2.05) is 13.8 Å². The molecule has 0 bridgehead atoms. The van der Waals surface area contributed by atoms with Crippen molar-refractivity contribution in [1.29, 1.82) is 0 Å². The minimum atomic E-state index is -0.538. The van der Waals surface area contributed by atoms with Crippen LogP contribution in [0, 0.1) is 10.8 Å². The molecular weight excluding hydrogens is 276 g/mol. The summed E-state index contributed by atoms with van der Waals surface area (Å²) in [6.07, 6.45) is 0.330. The molecule has 2 unspecified atom stereocenters. The average Bonchev–Trinajstić information content (AvgIpc) is 2.82. The SMILES string of the molecule is CCC(C)C(O)CNC(=O)c1ccc2[nH]c(=S)oc2c1. The molecule has 0 radical (unpaired) electrons. The Morgan fingerprint density at radius 1 is 1.55 bits per heavy atom. The number of fused-ring (bicyclic) bond motifs is 1. The van der Waals surface area contributed by atoms with E-state index < -0.39 is 6.10 Å². The molecule has 1 aromatic carbocycles. The number of aromatic nitrogens is 1. The molecule has 0 aliphatic rings. The lowest BCUT2D eigenvalue weighted by Gasteiger charge is -2.17. The summed E-state index contributed by atoms with van der Waals surface area (Å²) in [6.45, 7) is 4.19. The lowest BCUT2D eigenvalue weighted by atomic mass is 10.0. The number of oxazole rings is 1. The molecule has 2 aromatic rings. The van der Waals surface area contributed by atoms with E-state index in [1.165, 1.54) is 0 Å². The first-order valence-electron chi connectivity index (χ1n) is 6.60. The van der Waals surface area contributed by atoms with E-state index in [2.05, 4.69) is 10.3 Å². The van der Waals surface area contributed by atoms with E-state index in [-0.39, 0.29) is 23.2 Å². The van der Waals surface area contributed by atoms with Crippen molar-refractivity contribution in [2.75, 3.05) is 6.54 Å². The van der Waals surface area contributed by atoms with Crippen LogP contribution in [0.25, 0.3) is 11.1 Å². The van der Waals surface area contributed by atoms with Crippen molar-refractivity contribution in [2.24, 2.45) is 5.92 Å². The van der Waals surface area contributed by atoms with Crippen LogP contribution < -0.4 is 5.32 Å². The van der Waals surface area contributed by atoms with E-state index in [4.69, 9.17) is 16.6 Å². The first-order valence-corrected chi connectivity index (χ1v) is 7.01. The first kappa shape index (κ1) is 14.7. The highest BCUT2D eigenvalue weighted by Gasteiger charge is 2.14. The van der Waals surface area contributed by atoms with E-state index in [1.54, 1.807) is 18.2 Å². The summed E-state index contributed by atoms with van der Waals surface area (Å²) in [4.78, 5) is 15.2. The van der Waals surface area contributed by atoms with Gasteiger partial charge in [0.15, 0.2) is 5.58 Å². The summed E-state index contributed by atoms with van der Waals surface area (Å²) < 4.78 is 5.27. The van der Waals surface area contributed by atoms with E-state index in [0.717, 1.165) is 11.9 Å². The fraction of sp³-hybridized carbons (Fsp3) is 0.429. The van der Waals surface area contributed by atoms with Gasteiger partial charge in [0.25, 0.3) is 10.7 Å². The molecule has 2 atom stereocenters. The predicted octanol–water partition coefficient (Wildman–Crippen LogP) is 2.63. The molecule has 2 rings (SSSR count). The smallest absolute Gasteiger partial charge is 0.266 e. The molecule has 0 aliphatic heterocycles. The largest absolute Gasteiger partial charge is 0.429 e. The topological polar surface area (TPSA) is 78.3 Å². The Morgan fingerprint density at radius 2 is 2.30 bits per heavy atom. The highest BCUT2D eigenvalue weighted by molar-refractivity contribution is 7.71. The maximum atomic E-state index is 12.0. The minimum Gasteiger partial charge on any atom is -0.429 e. The number of H-pyrrole nitrogens is 1. The van der Waals surface area contributed by atoms with Gasteiger partial charge in [0.2, 0.25) is 0 Å². The third-order valence-electron chi connectivity index (χ3n) is 3.46. The van der Waals surface area contributed by atoms with Gasteiger partial charge in [0, 0.05) is 12.1 Å². The Balaban J connectivity index is 2.05. The number of hydrogen-bond acceptors (Lipinski definition) is 4. The molecule has 1 heterocycles. The van der Waals surface area contributed by atoms with E-state index in [0.29, 0.717) is 11.1 Å². The van der Waals surface area contributed by atoms with Gasteiger partial charge in [0.05, 0.1) is 11.6 Å². The summed E-state index contributed by atoms with van der Waals surface area (Å²) in [7, 11) is 0. The fourth-order valence-electron chi connectivity index (χ4n) is 1.86. The van der Waals surface area contributed by atoms with Gasteiger partial charge in [-0.1, -0.05) is 20.3 Å². The Labute approximate surface area is 122 Å². The number of aromatic amines is 1. The number of aliphatic hydroxyl groups excluding tert-OH is 1. The van der Waals surface area contributed by atoms with Gasteiger partial charge in [-0.2, -0.15) is 0 Å². The van der Waals surface area contributed by atoms with Crippen LogP contribution in [0.1, 0.15) is 30.6 Å². The van der Waals surface area contributed by atoms with Gasteiger partial charge in [0.1, 0.15) is 0 Å². The zero-order chi connectivity index (χ0) is 14.7. The third-order valence-corrected chi connectivity index (χ3v) is 3.64. The van der Waals surface area contributed by atoms with Gasteiger partial charge >= 0.3 is 0 Å². The summed E-state index contributed by atoms with van der Waals surface area (Å²) in [6, 6.07) is 5.06. The van der Waals surface area contributed by atoms with Crippen molar-refractivity contribution in [3.8, 4) is 0 Å². The molecule has 108 valence electrons. The second-order valence-electron chi connectivity index (χ2n) is 4.89. The average molecular weight is 294 g/mol. The van der Waals surface area contributed by atoms with Crippen molar-refractivity contribution < 1.29 is 14.3 Å². The molecule has 0 saturated heterocycles. The number of benzene rings is 1. The highest BCUT2D eigenvalue weighted by atomic mass is 32.1. The van der Waals surface area contributed by atoms with Gasteiger partial charge in [-0.15, -0.1) is 0 Å². The molecule has 1 amide bonds. The first-order chi connectivity index (χ1) is 9.51. The van der Waals surface area contributed by atoms with Crippen molar-refractivity contribution in [2.45, 2.75) is 26.4 Å². The van der Waals surface area contributed by atoms with Crippen LogP contribution >= 0.6 is 12.2 Å². The Hall–Kier alpha value is -1.66. The van der Waals surface area contributed by atoms with Crippen molar-refractivity contribution in [1.82, 2.24) is 10.3 Å². The number of rotatable bonds is 5. The lowest BCUT2D eigenvalue weighted by Crippen LogP contribution is -2.35. The number of amides is 1. The fourth-order valence-corrected chi connectivity index (χ4v) is 2.06. The molecule has 0 fully saturated rings. The molecule has 0 aliphatic carbocycles. The van der Waals surface area contributed by atoms with Crippen LogP contribution in [-0.4, -0.2) is 28.6 Å². The standard InChI is InChI=1S/C14H18N2O3S/c1-3-8(2)11(17)7-15-13(18)9-4-5-10-12(6-9)19-14(20)16-10/h4-6,8,11,17H,3,7H2,1-2H3,(H,15,18)(H,16,20). The van der Waals surface area contributed by atoms with Crippen molar-refractivity contribution >= 4 is 29.2 Å². The van der Waals surface area contributed by atoms with E-state index >= 15 is 0 Å². The zero-order valence-corrected chi connectivity index (χ0v) is 12.3. The second kappa shape index (κ2) is 6.19. The van der Waals surface area contributed by atoms with Crippen LogP contribution in [0.4, 0.5) is 0 Å². The maximum Gasteiger partial charge on any atom is 0.266 e. The van der Waals surface area contributed by atoms with Crippen LogP contribution in [0.3, 0.4) is 0 Å². The highest BCUT2D eigenvalue weighted by Crippen LogP contribution is 2.15. The van der Waals surface area contributed by atoms with Gasteiger partial charge < -0.3 is 19.8 Å². The number of carbonyl (C=O) groups excluding carboxylic acids is 1. The van der Waals surface area contributed by atoms with Gasteiger partial charge in [-0.05, 0) is 36.3 Å². The molecular formula is C14H18N2O3S. The number of hydrogen-bond donors (Lipinski definition) is 3. The van der Waals surface area contributed by atoms with Crippen molar-refractivity contribution in [3.63, 3.8) is 0 Å². The van der Waals surface area contributed by atoms with Crippen LogP contribution in [-0.2, 0) is 0 Å². The van der Waals surface area contributed by atoms with Crippen LogP contribution in [0.15, 0.2) is 22.6 Å². The molecule has 0 saturated carbocycles. The Bertz CT molecular complexity index is 662. The normalized spacial score (nSPS) is 14.2. The summed E-state index contributed by atoms with van der Waals surface area (Å²) >= 11 is 4.89. The summed E-state index contributed by atoms with van der Waals surface area (Å²) in [5, 5.41) is 12.6. The monoisotopic (exact) mass is 294 g/mol. The quantitative estimate of drug-likeness (QED) is 0.741. The maximum absolute atomic E-state index is 12.0. The van der Waals surface area contributed by atoms with Gasteiger partial charge in [-0.3, -0.25) is 4.79 Å². The van der Waals surface area contributed by atoms with E-state index in [9.17, 15) is 9.90 Å². The third kappa shape index (κ3) is 3.26. The molecule has 1 aromatic heterocycles. The number of aliphatic hydroxyl groups is 1. The van der Waals surface area contributed by atoms with Crippen molar-refractivity contribution in [3.05, 3.63) is 28.6 Å². The molecule has 3 N–H and O–H groups in total. The summed E-state index contributed by atoms with van der Waals surface area (Å²) in [5.74, 6) is -0.0863. The molecule has 0 spiro atoms.